The summed E-state index contributed by atoms with van der Waals surface area (Å²) in [6.45, 7) is 2.23. The summed E-state index contributed by atoms with van der Waals surface area (Å²) in [4.78, 5) is 1.40. The standard InChI is InChI=1S/C13H16S/c1-3-4-6-9-12(2)14-13-10-7-5-8-11-13/h1,4,6-7,10-12H,5,8-9H2,2H3/b6-4-. The highest BCUT2D eigenvalue weighted by molar-refractivity contribution is 8.03. The Hall–Kier alpha value is -0.870. The van der Waals surface area contributed by atoms with E-state index >= 15 is 0 Å². The zero-order valence-corrected chi connectivity index (χ0v) is 9.39. The molecule has 74 valence electrons. The Morgan fingerprint density at radius 3 is 3.14 bits per heavy atom. The predicted octanol–water partition coefficient (Wildman–Crippen LogP) is 3.92. The fraction of sp³-hybridized carbons (Fsp3) is 0.385. The van der Waals surface area contributed by atoms with Gasteiger partial charge in [-0.2, -0.15) is 0 Å². The molecule has 1 heteroatoms. The number of terminal acetylenes is 1. The lowest BCUT2D eigenvalue weighted by Crippen LogP contribution is -1.94. The molecule has 0 nitrogen and oxygen atoms in total. The first kappa shape index (κ1) is 11.2. The molecular weight excluding hydrogens is 188 g/mol. The molecule has 1 rings (SSSR count). The molecule has 0 saturated heterocycles. The van der Waals surface area contributed by atoms with Gasteiger partial charge in [0.2, 0.25) is 0 Å². The second-order valence-corrected chi connectivity index (χ2v) is 4.83. The second-order valence-electron chi connectivity index (χ2n) is 3.32. The summed E-state index contributed by atoms with van der Waals surface area (Å²) in [5.41, 5.74) is 0. The van der Waals surface area contributed by atoms with Crippen molar-refractivity contribution in [2.45, 2.75) is 31.4 Å². The van der Waals surface area contributed by atoms with Gasteiger partial charge in [-0.1, -0.05) is 37.1 Å². The van der Waals surface area contributed by atoms with Gasteiger partial charge in [-0.05, 0) is 25.3 Å². The van der Waals surface area contributed by atoms with Crippen LogP contribution in [0.1, 0.15) is 26.2 Å². The van der Waals surface area contributed by atoms with E-state index in [9.17, 15) is 0 Å². The summed E-state index contributed by atoms with van der Waals surface area (Å²) < 4.78 is 0. The van der Waals surface area contributed by atoms with Crippen molar-refractivity contribution in [2.24, 2.45) is 0 Å². The molecule has 0 aromatic rings. The van der Waals surface area contributed by atoms with Gasteiger partial charge < -0.3 is 0 Å². The van der Waals surface area contributed by atoms with Crippen LogP contribution in [0.15, 0.2) is 35.3 Å². The van der Waals surface area contributed by atoms with E-state index in [4.69, 9.17) is 6.42 Å². The van der Waals surface area contributed by atoms with Gasteiger partial charge in [0.15, 0.2) is 0 Å². The Labute approximate surface area is 91.2 Å². The van der Waals surface area contributed by atoms with Crippen molar-refractivity contribution in [3.05, 3.63) is 35.3 Å². The highest BCUT2D eigenvalue weighted by Crippen LogP contribution is 2.27. The van der Waals surface area contributed by atoms with Crippen molar-refractivity contribution in [1.82, 2.24) is 0 Å². The topological polar surface area (TPSA) is 0 Å². The zero-order chi connectivity index (χ0) is 10.2. The number of hydrogen-bond donors (Lipinski definition) is 0. The molecule has 0 saturated carbocycles. The number of thioether (sulfide) groups is 1. The minimum atomic E-state index is 0.605. The van der Waals surface area contributed by atoms with Gasteiger partial charge in [0.1, 0.15) is 0 Å². The van der Waals surface area contributed by atoms with Gasteiger partial charge in [-0.25, -0.2) is 0 Å². The first-order chi connectivity index (χ1) is 6.83. The maximum atomic E-state index is 5.13. The van der Waals surface area contributed by atoms with Crippen LogP contribution in [0, 0.1) is 12.3 Å². The quantitative estimate of drug-likeness (QED) is 0.625. The smallest absolute Gasteiger partial charge is 0.0101 e. The molecule has 14 heavy (non-hydrogen) atoms. The maximum absolute atomic E-state index is 5.13. The lowest BCUT2D eigenvalue weighted by Gasteiger charge is -2.11. The Kier molecular flexibility index (Phi) is 5.25. The molecule has 1 aliphatic rings. The van der Waals surface area contributed by atoms with E-state index in [1.807, 2.05) is 11.8 Å². The van der Waals surface area contributed by atoms with Gasteiger partial charge in [0.05, 0.1) is 0 Å². The lowest BCUT2D eigenvalue weighted by atomic mass is 10.2. The average Bonchev–Trinajstić information content (AvgIpc) is 2.20. The summed E-state index contributed by atoms with van der Waals surface area (Å²) in [6.07, 6.45) is 19.2. The summed E-state index contributed by atoms with van der Waals surface area (Å²) in [6, 6.07) is 0. The molecule has 0 aromatic heterocycles. The molecule has 0 spiro atoms. The monoisotopic (exact) mass is 204 g/mol. The number of allylic oxidation sites excluding steroid dienone is 5. The van der Waals surface area contributed by atoms with Gasteiger partial charge in [-0.3, -0.25) is 0 Å². The van der Waals surface area contributed by atoms with Crippen LogP contribution in [0.3, 0.4) is 0 Å². The third-order valence-electron chi connectivity index (χ3n) is 1.98. The third-order valence-corrected chi connectivity index (χ3v) is 3.15. The maximum Gasteiger partial charge on any atom is 0.0101 e. The van der Waals surface area contributed by atoms with E-state index in [0.29, 0.717) is 5.25 Å². The van der Waals surface area contributed by atoms with Crippen LogP contribution in [0.2, 0.25) is 0 Å². The summed E-state index contributed by atoms with van der Waals surface area (Å²) in [7, 11) is 0. The van der Waals surface area contributed by atoms with Crippen molar-refractivity contribution < 1.29 is 0 Å². The fourth-order valence-corrected chi connectivity index (χ4v) is 2.35. The van der Waals surface area contributed by atoms with Crippen LogP contribution >= 0.6 is 11.8 Å². The predicted molar refractivity (Wildman–Crippen MR) is 66.1 cm³/mol. The Bertz CT molecular complexity index is 289. The molecule has 0 aliphatic heterocycles. The van der Waals surface area contributed by atoms with Crippen LogP contribution in [0.5, 0.6) is 0 Å². The van der Waals surface area contributed by atoms with Gasteiger partial charge in [-0.15, -0.1) is 18.2 Å². The lowest BCUT2D eigenvalue weighted by molar-refractivity contribution is 0.982. The summed E-state index contributed by atoms with van der Waals surface area (Å²) in [5.74, 6) is 2.51. The first-order valence-corrected chi connectivity index (χ1v) is 5.85. The van der Waals surface area contributed by atoms with E-state index in [-0.39, 0.29) is 0 Å². The second kappa shape index (κ2) is 6.56. The van der Waals surface area contributed by atoms with Crippen LogP contribution < -0.4 is 0 Å². The Morgan fingerprint density at radius 1 is 1.64 bits per heavy atom. The van der Waals surface area contributed by atoms with Crippen LogP contribution in [0.4, 0.5) is 0 Å². The zero-order valence-electron chi connectivity index (χ0n) is 8.57. The summed E-state index contributed by atoms with van der Waals surface area (Å²) in [5, 5.41) is 0.605. The SMILES string of the molecule is C#C/C=C\CC(C)SC1=CCCC=C1. The molecule has 0 heterocycles. The van der Waals surface area contributed by atoms with Crippen molar-refractivity contribution in [3.8, 4) is 12.3 Å². The molecule has 0 N–H and O–H groups in total. The van der Waals surface area contributed by atoms with Crippen molar-refractivity contribution in [1.29, 1.82) is 0 Å². The first-order valence-electron chi connectivity index (χ1n) is 4.97. The molecular formula is C13H16S. The Morgan fingerprint density at radius 2 is 2.50 bits per heavy atom. The van der Waals surface area contributed by atoms with Gasteiger partial charge in [0.25, 0.3) is 0 Å². The molecule has 0 amide bonds. The molecule has 0 bridgehead atoms. The Balaban J connectivity index is 2.30. The number of hydrogen-bond acceptors (Lipinski definition) is 1. The molecule has 1 atom stereocenters. The minimum Gasteiger partial charge on any atom is -0.123 e. The highest BCUT2D eigenvalue weighted by Gasteiger charge is 2.04. The van der Waals surface area contributed by atoms with E-state index in [0.717, 1.165) is 6.42 Å². The molecule has 1 unspecified atom stereocenters. The van der Waals surface area contributed by atoms with E-state index in [2.05, 4.69) is 37.1 Å². The fourth-order valence-electron chi connectivity index (χ4n) is 1.28. The van der Waals surface area contributed by atoms with Crippen molar-refractivity contribution >= 4 is 11.8 Å². The third kappa shape index (κ3) is 4.39. The van der Waals surface area contributed by atoms with Crippen molar-refractivity contribution in [3.63, 3.8) is 0 Å². The highest BCUT2D eigenvalue weighted by atomic mass is 32.2. The van der Waals surface area contributed by atoms with Crippen LogP contribution in [-0.2, 0) is 0 Å². The van der Waals surface area contributed by atoms with Gasteiger partial charge in [0, 0.05) is 10.2 Å². The molecule has 0 fully saturated rings. The molecule has 1 aliphatic carbocycles. The van der Waals surface area contributed by atoms with E-state index < -0.39 is 0 Å². The van der Waals surface area contributed by atoms with E-state index in [1.165, 1.54) is 17.7 Å². The molecule has 0 radical (unpaired) electrons. The van der Waals surface area contributed by atoms with Crippen molar-refractivity contribution in [2.75, 3.05) is 0 Å². The summed E-state index contributed by atoms with van der Waals surface area (Å²) >= 11 is 1.93. The van der Waals surface area contributed by atoms with Crippen LogP contribution in [0.25, 0.3) is 0 Å². The molecule has 0 aromatic carbocycles. The van der Waals surface area contributed by atoms with Crippen LogP contribution in [-0.4, -0.2) is 5.25 Å². The van der Waals surface area contributed by atoms with E-state index in [1.54, 1.807) is 6.08 Å². The normalized spacial score (nSPS) is 17.9. The number of rotatable bonds is 4. The average molecular weight is 204 g/mol. The minimum absolute atomic E-state index is 0.605. The largest absolute Gasteiger partial charge is 0.123 e. The van der Waals surface area contributed by atoms with Gasteiger partial charge >= 0.3 is 0 Å².